The van der Waals surface area contributed by atoms with Gasteiger partial charge in [0.25, 0.3) is 0 Å². The Bertz CT molecular complexity index is 1330. The summed E-state index contributed by atoms with van der Waals surface area (Å²) in [5, 5.41) is 14.4. The Kier molecular flexibility index (Phi) is 6.26. The number of hydrogen-bond donors (Lipinski definition) is 2. The number of para-hydroxylation sites is 1. The Hall–Kier alpha value is -3.71. The van der Waals surface area contributed by atoms with Crippen molar-refractivity contribution in [1.82, 2.24) is 4.90 Å². The number of amides is 1. The van der Waals surface area contributed by atoms with Crippen LogP contribution < -0.4 is 19.5 Å². The van der Waals surface area contributed by atoms with E-state index in [0.717, 1.165) is 57.6 Å². The average molecular weight is 489 g/mol. The van der Waals surface area contributed by atoms with Crippen LogP contribution in [0, 0.1) is 13.8 Å². The van der Waals surface area contributed by atoms with Gasteiger partial charge in [-0.1, -0.05) is 18.2 Å². The average Bonchev–Trinajstić information content (AvgIpc) is 2.87. The number of carbonyl (C=O) groups excluding carboxylic acids is 1. The third-order valence-corrected chi connectivity index (χ3v) is 7.44. The van der Waals surface area contributed by atoms with Crippen molar-refractivity contribution in [1.29, 1.82) is 0 Å². The Morgan fingerprint density at radius 1 is 1.00 bits per heavy atom. The number of aromatic hydroxyl groups is 1. The molecule has 1 aliphatic carbocycles. The predicted octanol–water partition coefficient (Wildman–Crippen LogP) is 4.80. The Morgan fingerprint density at radius 3 is 2.31 bits per heavy atom. The molecule has 188 valence electrons. The number of rotatable bonds is 6. The van der Waals surface area contributed by atoms with Gasteiger partial charge in [0.05, 0.1) is 27.9 Å². The number of nitrogens with one attached hydrogen (secondary N) is 1. The van der Waals surface area contributed by atoms with Crippen LogP contribution in [0.1, 0.15) is 33.9 Å². The number of hydrogen-bond acceptors (Lipinski definition) is 6. The molecule has 3 aromatic rings. The van der Waals surface area contributed by atoms with Crippen molar-refractivity contribution in [3.63, 3.8) is 0 Å². The van der Waals surface area contributed by atoms with Crippen molar-refractivity contribution in [2.75, 3.05) is 39.7 Å². The minimum Gasteiger partial charge on any atom is -0.504 e. The molecule has 0 spiro atoms. The van der Waals surface area contributed by atoms with Crippen LogP contribution in [0.3, 0.4) is 0 Å². The van der Waals surface area contributed by atoms with Crippen LogP contribution in [0.4, 0.5) is 5.69 Å². The zero-order valence-electron chi connectivity index (χ0n) is 21.4. The Morgan fingerprint density at radius 2 is 1.64 bits per heavy atom. The number of anilines is 1. The van der Waals surface area contributed by atoms with Crippen molar-refractivity contribution >= 4 is 11.6 Å². The van der Waals surface area contributed by atoms with Gasteiger partial charge in [0.1, 0.15) is 0 Å². The molecule has 1 amide bonds. The largest absolute Gasteiger partial charge is 0.504 e. The molecule has 1 heterocycles. The van der Waals surface area contributed by atoms with Crippen LogP contribution in [0.2, 0.25) is 0 Å². The number of phenols is 1. The third-order valence-electron chi connectivity index (χ3n) is 7.44. The van der Waals surface area contributed by atoms with E-state index in [1.165, 1.54) is 0 Å². The van der Waals surface area contributed by atoms with E-state index in [1.54, 1.807) is 21.3 Å². The highest BCUT2D eigenvalue weighted by atomic mass is 16.5. The molecule has 2 aliphatic rings. The molecule has 5 rings (SSSR count). The van der Waals surface area contributed by atoms with Gasteiger partial charge in [-0.2, -0.15) is 0 Å². The van der Waals surface area contributed by atoms with Crippen LogP contribution in [-0.4, -0.2) is 50.3 Å². The summed E-state index contributed by atoms with van der Waals surface area (Å²) < 4.78 is 16.6. The summed E-state index contributed by atoms with van der Waals surface area (Å²) >= 11 is 0. The predicted molar refractivity (Wildman–Crippen MR) is 139 cm³/mol. The maximum atomic E-state index is 13.2. The highest BCUT2D eigenvalue weighted by molar-refractivity contribution is 5.94. The van der Waals surface area contributed by atoms with E-state index >= 15 is 0 Å². The summed E-state index contributed by atoms with van der Waals surface area (Å²) in [6.07, 6.45) is 1.45. The van der Waals surface area contributed by atoms with E-state index in [1.807, 2.05) is 50.2 Å². The number of ether oxygens (including phenoxy) is 3. The van der Waals surface area contributed by atoms with Gasteiger partial charge >= 0.3 is 0 Å². The Labute approximate surface area is 211 Å². The molecule has 1 aliphatic heterocycles. The quantitative estimate of drug-likeness (QED) is 0.519. The van der Waals surface area contributed by atoms with Gasteiger partial charge in [0.2, 0.25) is 5.91 Å². The van der Waals surface area contributed by atoms with Crippen molar-refractivity contribution in [3.05, 3.63) is 64.2 Å². The molecule has 0 radical (unpaired) electrons. The third kappa shape index (κ3) is 3.93. The van der Waals surface area contributed by atoms with Crippen LogP contribution in [-0.2, 0) is 17.6 Å². The molecular formula is C29H32N2O5. The molecule has 0 fully saturated rings. The van der Waals surface area contributed by atoms with E-state index < -0.39 is 0 Å². The van der Waals surface area contributed by atoms with Crippen molar-refractivity contribution < 1.29 is 24.1 Å². The van der Waals surface area contributed by atoms with E-state index in [9.17, 15) is 9.90 Å². The lowest BCUT2D eigenvalue weighted by Crippen LogP contribution is -2.42. The molecule has 0 bridgehead atoms. The fourth-order valence-corrected chi connectivity index (χ4v) is 5.66. The number of aryl methyl sites for hydroxylation is 2. The second kappa shape index (κ2) is 9.39. The van der Waals surface area contributed by atoms with Gasteiger partial charge in [0.15, 0.2) is 23.0 Å². The second-order valence-electron chi connectivity index (χ2n) is 9.49. The van der Waals surface area contributed by atoms with Crippen LogP contribution in [0.5, 0.6) is 23.0 Å². The first-order valence-electron chi connectivity index (χ1n) is 12.1. The highest BCUT2D eigenvalue weighted by Crippen LogP contribution is 2.53. The smallest absolute Gasteiger partial charge is 0.238 e. The van der Waals surface area contributed by atoms with Crippen molar-refractivity contribution in [2.24, 2.45) is 0 Å². The van der Waals surface area contributed by atoms with Gasteiger partial charge in [-0.25, -0.2) is 0 Å². The number of benzene rings is 3. The molecule has 2 N–H and O–H groups in total. The lowest BCUT2D eigenvalue weighted by molar-refractivity contribution is -0.118. The summed E-state index contributed by atoms with van der Waals surface area (Å²) in [4.78, 5) is 15.4. The van der Waals surface area contributed by atoms with Crippen LogP contribution in [0.25, 0.3) is 11.1 Å². The molecule has 0 saturated heterocycles. The molecule has 36 heavy (non-hydrogen) atoms. The lowest BCUT2D eigenvalue weighted by atomic mass is 9.76. The summed E-state index contributed by atoms with van der Waals surface area (Å²) in [7, 11) is 4.79. The topological polar surface area (TPSA) is 80.3 Å². The molecular weight excluding hydrogens is 456 g/mol. The number of methoxy groups -OCH3 is 3. The zero-order chi connectivity index (χ0) is 25.6. The molecule has 7 nitrogen and oxygen atoms in total. The first-order chi connectivity index (χ1) is 17.4. The van der Waals surface area contributed by atoms with Gasteiger partial charge in [-0.05, 0) is 78.3 Å². The van der Waals surface area contributed by atoms with E-state index in [0.29, 0.717) is 23.7 Å². The fraction of sp³-hybridized carbons (Fsp3) is 0.345. The minimum atomic E-state index is -0.0603. The van der Waals surface area contributed by atoms with Crippen molar-refractivity contribution in [3.8, 4) is 34.1 Å². The molecule has 0 saturated carbocycles. The second-order valence-corrected chi connectivity index (χ2v) is 9.49. The summed E-state index contributed by atoms with van der Waals surface area (Å²) in [6.45, 7) is 4.99. The van der Waals surface area contributed by atoms with Crippen LogP contribution in [0.15, 0.2) is 36.4 Å². The lowest BCUT2D eigenvalue weighted by Gasteiger charge is -2.42. The highest BCUT2D eigenvalue weighted by Gasteiger charge is 2.38. The maximum absolute atomic E-state index is 13.2. The van der Waals surface area contributed by atoms with Gasteiger partial charge in [-0.3, -0.25) is 9.69 Å². The number of carbonyl (C=O) groups is 1. The Balaban J connectivity index is 1.55. The molecule has 1 atom stereocenters. The summed E-state index contributed by atoms with van der Waals surface area (Å²) in [6, 6.07) is 11.8. The molecule has 1 unspecified atom stereocenters. The van der Waals surface area contributed by atoms with E-state index in [2.05, 4.69) is 10.2 Å². The summed E-state index contributed by atoms with van der Waals surface area (Å²) in [5.41, 5.74) is 7.82. The van der Waals surface area contributed by atoms with Crippen LogP contribution >= 0.6 is 0 Å². The molecule has 0 aromatic heterocycles. The van der Waals surface area contributed by atoms with Crippen molar-refractivity contribution in [2.45, 2.75) is 32.7 Å². The first-order valence-corrected chi connectivity index (χ1v) is 12.1. The zero-order valence-corrected chi connectivity index (χ0v) is 21.4. The minimum absolute atomic E-state index is 0.0479. The van der Waals surface area contributed by atoms with E-state index in [-0.39, 0.29) is 24.2 Å². The summed E-state index contributed by atoms with van der Waals surface area (Å²) in [5.74, 6) is 1.75. The van der Waals surface area contributed by atoms with Gasteiger partial charge in [-0.15, -0.1) is 0 Å². The standard InChI is InChI=1S/C29H32N2O5/c1-16-7-6-8-17(2)28(16)30-25(32)15-31-10-9-18-12-24(36-5)29(33)27-20-14-23(35-4)22(34-3)13-19(20)11-21(31)26(18)27/h6-8,12-14,21,33H,9-11,15H2,1-5H3,(H,30,32). The number of fused-ring (bicyclic) bond motifs is 2. The van der Waals surface area contributed by atoms with Gasteiger partial charge in [0, 0.05) is 23.8 Å². The molecule has 3 aromatic carbocycles. The normalized spacial score (nSPS) is 16.1. The van der Waals surface area contributed by atoms with E-state index in [4.69, 9.17) is 14.2 Å². The van der Waals surface area contributed by atoms with Gasteiger partial charge < -0.3 is 24.6 Å². The maximum Gasteiger partial charge on any atom is 0.238 e. The monoisotopic (exact) mass is 488 g/mol. The molecule has 7 heteroatoms. The number of nitrogens with zero attached hydrogens (tertiary/aromatic N) is 1. The number of phenolic OH excluding ortho intramolecular Hbond substituents is 1. The SMILES string of the molecule is COc1cc2c(cc1OC)-c1c(O)c(OC)cc3c1C(C2)N(CC(=O)Nc1c(C)cccc1C)CC3. The fourth-order valence-electron chi connectivity index (χ4n) is 5.66. The first kappa shape index (κ1) is 24.0.